The van der Waals surface area contributed by atoms with Crippen LogP contribution >= 0.6 is 0 Å². The van der Waals surface area contributed by atoms with Gasteiger partial charge in [-0.15, -0.1) is 0 Å². The minimum absolute atomic E-state index is 0.284. The van der Waals surface area contributed by atoms with Crippen LogP contribution in [0.1, 0.15) is 27.5 Å². The molecule has 0 saturated heterocycles. The second-order valence-corrected chi connectivity index (χ2v) is 6.76. The number of H-pyrrole nitrogens is 1. The van der Waals surface area contributed by atoms with E-state index in [1.165, 1.54) is 6.07 Å². The maximum Gasteiger partial charge on any atom is 0.252 e. The first-order valence-electron chi connectivity index (χ1n) is 9.07. The molecule has 2 aromatic carbocycles. The first-order valence-corrected chi connectivity index (χ1v) is 9.07. The van der Waals surface area contributed by atoms with Crippen LogP contribution in [-0.4, -0.2) is 20.7 Å². The topological polar surface area (TPSA) is 79.8 Å². The number of pyridine rings is 1. The van der Waals surface area contributed by atoms with E-state index in [0.29, 0.717) is 17.6 Å². The molecular weight excluding hydrogens is 352 g/mol. The molecule has 0 bridgehead atoms. The number of carbonyl (C=O) groups excluding carboxylic acids is 1. The summed E-state index contributed by atoms with van der Waals surface area (Å²) in [5.41, 5.74) is 2.70. The Morgan fingerprint density at radius 3 is 2.71 bits per heavy atom. The summed E-state index contributed by atoms with van der Waals surface area (Å²) in [4.78, 5) is 28.0. The van der Waals surface area contributed by atoms with Crippen LogP contribution in [0.3, 0.4) is 0 Å². The zero-order chi connectivity index (χ0) is 19.5. The van der Waals surface area contributed by atoms with Gasteiger partial charge in [0.25, 0.3) is 5.91 Å². The Labute approximate surface area is 161 Å². The van der Waals surface area contributed by atoms with Crippen LogP contribution in [0.15, 0.2) is 77.9 Å². The SMILES string of the molecule is Cc1ccc2[nH]c(=O)cc(C(=O)N[C@H](Cn3cccn3)c3ccccc3)c2c1. The van der Waals surface area contributed by atoms with Gasteiger partial charge in [-0.25, -0.2) is 0 Å². The summed E-state index contributed by atoms with van der Waals surface area (Å²) in [5, 5.41) is 8.05. The molecule has 0 aliphatic heterocycles. The van der Waals surface area contributed by atoms with Crippen LogP contribution in [0.25, 0.3) is 10.9 Å². The number of nitrogens with zero attached hydrogens (tertiary/aromatic N) is 2. The van der Waals surface area contributed by atoms with Gasteiger partial charge in [0.15, 0.2) is 0 Å². The number of hydrogen-bond acceptors (Lipinski definition) is 3. The first kappa shape index (κ1) is 17.7. The Balaban J connectivity index is 1.71. The van der Waals surface area contributed by atoms with Gasteiger partial charge >= 0.3 is 0 Å². The average Bonchev–Trinajstić information content (AvgIpc) is 3.21. The molecule has 0 unspecified atom stereocenters. The lowest BCUT2D eigenvalue weighted by Crippen LogP contribution is -2.32. The molecule has 1 amide bonds. The Morgan fingerprint density at radius 2 is 1.96 bits per heavy atom. The largest absolute Gasteiger partial charge is 0.343 e. The van der Waals surface area contributed by atoms with E-state index in [4.69, 9.17) is 0 Å². The minimum Gasteiger partial charge on any atom is -0.343 e. The van der Waals surface area contributed by atoms with Gasteiger partial charge in [-0.1, -0.05) is 42.0 Å². The van der Waals surface area contributed by atoms with E-state index < -0.39 is 0 Å². The normalized spacial score (nSPS) is 12.0. The molecule has 2 heterocycles. The highest BCUT2D eigenvalue weighted by Crippen LogP contribution is 2.20. The van der Waals surface area contributed by atoms with Crippen molar-refractivity contribution in [1.82, 2.24) is 20.1 Å². The number of amides is 1. The summed E-state index contributed by atoms with van der Waals surface area (Å²) in [5.74, 6) is -0.289. The van der Waals surface area contributed by atoms with Crippen LogP contribution < -0.4 is 10.9 Å². The molecule has 140 valence electrons. The van der Waals surface area contributed by atoms with Crippen molar-refractivity contribution in [2.45, 2.75) is 19.5 Å². The van der Waals surface area contributed by atoms with E-state index in [9.17, 15) is 9.59 Å². The summed E-state index contributed by atoms with van der Waals surface area (Å²) in [6.07, 6.45) is 3.56. The van der Waals surface area contributed by atoms with Gasteiger partial charge in [0.05, 0.1) is 18.2 Å². The van der Waals surface area contributed by atoms with Gasteiger partial charge in [0, 0.05) is 29.4 Å². The molecule has 6 heteroatoms. The Kier molecular flexibility index (Phi) is 4.76. The molecule has 6 nitrogen and oxygen atoms in total. The maximum absolute atomic E-state index is 13.1. The average molecular weight is 372 g/mol. The molecular formula is C22H20N4O2. The molecule has 0 spiro atoms. The Morgan fingerprint density at radius 1 is 1.14 bits per heavy atom. The first-order chi connectivity index (χ1) is 13.6. The molecule has 0 fully saturated rings. The van der Waals surface area contributed by atoms with Crippen LogP contribution in [-0.2, 0) is 6.54 Å². The van der Waals surface area contributed by atoms with Crippen molar-refractivity contribution in [1.29, 1.82) is 0 Å². The summed E-state index contributed by atoms with van der Waals surface area (Å²) in [6.45, 7) is 2.44. The van der Waals surface area contributed by atoms with E-state index in [-0.39, 0.29) is 17.5 Å². The van der Waals surface area contributed by atoms with Crippen molar-refractivity contribution >= 4 is 16.8 Å². The van der Waals surface area contributed by atoms with Crippen LogP contribution in [0.4, 0.5) is 0 Å². The monoisotopic (exact) mass is 372 g/mol. The molecule has 0 saturated carbocycles. The van der Waals surface area contributed by atoms with Crippen molar-refractivity contribution in [2.75, 3.05) is 0 Å². The smallest absolute Gasteiger partial charge is 0.252 e. The molecule has 2 aromatic heterocycles. The summed E-state index contributed by atoms with van der Waals surface area (Å²) >= 11 is 0. The number of aryl methyl sites for hydroxylation is 1. The van der Waals surface area contributed by atoms with Gasteiger partial charge in [-0.2, -0.15) is 5.10 Å². The number of benzene rings is 2. The van der Waals surface area contributed by atoms with E-state index in [0.717, 1.165) is 16.5 Å². The third-order valence-corrected chi connectivity index (χ3v) is 4.68. The van der Waals surface area contributed by atoms with Crippen molar-refractivity contribution in [3.63, 3.8) is 0 Å². The van der Waals surface area contributed by atoms with Crippen LogP contribution in [0.2, 0.25) is 0 Å². The molecule has 0 aliphatic carbocycles. The van der Waals surface area contributed by atoms with Crippen molar-refractivity contribution < 1.29 is 4.79 Å². The van der Waals surface area contributed by atoms with E-state index in [2.05, 4.69) is 15.4 Å². The summed E-state index contributed by atoms with van der Waals surface area (Å²) < 4.78 is 1.78. The van der Waals surface area contributed by atoms with E-state index >= 15 is 0 Å². The fourth-order valence-corrected chi connectivity index (χ4v) is 3.31. The van der Waals surface area contributed by atoms with Crippen molar-refractivity contribution in [3.8, 4) is 0 Å². The van der Waals surface area contributed by atoms with E-state index in [1.54, 1.807) is 10.9 Å². The van der Waals surface area contributed by atoms with Crippen molar-refractivity contribution in [2.24, 2.45) is 0 Å². The highest BCUT2D eigenvalue weighted by Gasteiger charge is 2.19. The van der Waals surface area contributed by atoms with Gasteiger partial charge < -0.3 is 10.3 Å². The molecule has 4 aromatic rings. The summed E-state index contributed by atoms with van der Waals surface area (Å²) in [6, 6.07) is 18.3. The van der Waals surface area contributed by atoms with Gasteiger partial charge in [-0.05, 0) is 30.7 Å². The van der Waals surface area contributed by atoms with Gasteiger partial charge in [-0.3, -0.25) is 14.3 Å². The predicted octanol–water partition coefficient (Wildman–Crippen LogP) is 3.20. The molecule has 2 N–H and O–H groups in total. The highest BCUT2D eigenvalue weighted by atomic mass is 16.2. The lowest BCUT2D eigenvalue weighted by atomic mass is 10.0. The zero-order valence-corrected chi connectivity index (χ0v) is 15.4. The Bertz CT molecular complexity index is 1160. The molecule has 28 heavy (non-hydrogen) atoms. The lowest BCUT2D eigenvalue weighted by Gasteiger charge is -2.20. The number of aromatic amines is 1. The molecule has 0 radical (unpaired) electrons. The number of hydrogen-bond donors (Lipinski definition) is 2. The Hall–Kier alpha value is -3.67. The second-order valence-electron chi connectivity index (χ2n) is 6.76. The number of fused-ring (bicyclic) bond motifs is 1. The third-order valence-electron chi connectivity index (χ3n) is 4.68. The van der Waals surface area contributed by atoms with Gasteiger partial charge in [0.1, 0.15) is 0 Å². The van der Waals surface area contributed by atoms with Gasteiger partial charge in [0.2, 0.25) is 5.56 Å². The zero-order valence-electron chi connectivity index (χ0n) is 15.4. The van der Waals surface area contributed by atoms with Crippen molar-refractivity contribution in [3.05, 3.63) is 100 Å². The minimum atomic E-state index is -0.301. The molecule has 1 atom stereocenters. The number of nitrogens with one attached hydrogen (secondary N) is 2. The summed E-state index contributed by atoms with van der Waals surface area (Å²) in [7, 11) is 0. The van der Waals surface area contributed by atoms with E-state index in [1.807, 2.05) is 67.7 Å². The fraction of sp³-hybridized carbons (Fsp3) is 0.136. The number of carbonyl (C=O) groups is 1. The fourth-order valence-electron chi connectivity index (χ4n) is 3.31. The predicted molar refractivity (Wildman–Crippen MR) is 108 cm³/mol. The number of aromatic nitrogens is 3. The lowest BCUT2D eigenvalue weighted by molar-refractivity contribution is 0.0933. The molecule has 0 aliphatic rings. The number of rotatable bonds is 5. The second kappa shape index (κ2) is 7.52. The highest BCUT2D eigenvalue weighted by molar-refractivity contribution is 6.06. The van der Waals surface area contributed by atoms with Crippen LogP contribution in [0.5, 0.6) is 0 Å². The quantitative estimate of drug-likeness (QED) is 0.565. The van der Waals surface area contributed by atoms with Crippen LogP contribution in [0, 0.1) is 6.92 Å². The molecule has 4 rings (SSSR count). The maximum atomic E-state index is 13.1. The standard InChI is InChI=1S/C22H20N4O2/c1-15-8-9-19-17(12-15)18(13-21(27)24-19)22(28)25-20(14-26-11-5-10-23-26)16-6-3-2-4-7-16/h2-13,20H,14H2,1H3,(H,24,27)(H,25,28)/t20-/m1/s1. The third kappa shape index (κ3) is 3.71.